The smallest absolute Gasteiger partial charge is 0.410 e. The van der Waals surface area contributed by atoms with Gasteiger partial charge in [-0.2, -0.15) is 0 Å². The van der Waals surface area contributed by atoms with Gasteiger partial charge in [-0.15, -0.1) is 0 Å². The summed E-state index contributed by atoms with van der Waals surface area (Å²) in [4.78, 5) is 13.5. The zero-order valence-corrected chi connectivity index (χ0v) is 13.9. The fraction of sp³-hybridized carbons (Fsp3) is 0.533. The third-order valence-electron chi connectivity index (χ3n) is 2.98. The Morgan fingerprint density at radius 3 is 2.76 bits per heavy atom. The molecule has 1 aliphatic heterocycles. The second-order valence-corrected chi connectivity index (χ2v) is 6.95. The molecular formula is C15H19BrFNO3. The van der Waals surface area contributed by atoms with E-state index >= 15 is 0 Å². The molecule has 1 aromatic carbocycles. The lowest BCUT2D eigenvalue weighted by atomic mass is 10.2. The topological polar surface area (TPSA) is 38.8 Å². The Morgan fingerprint density at radius 2 is 2.14 bits per heavy atom. The fourth-order valence-electron chi connectivity index (χ4n) is 2.07. The van der Waals surface area contributed by atoms with E-state index in [0.717, 1.165) is 0 Å². The van der Waals surface area contributed by atoms with Crippen LogP contribution in [0.15, 0.2) is 22.7 Å². The molecule has 4 nitrogen and oxygen atoms in total. The van der Waals surface area contributed by atoms with Crippen molar-refractivity contribution in [3.8, 4) is 5.75 Å². The monoisotopic (exact) mass is 359 g/mol. The van der Waals surface area contributed by atoms with Crippen LogP contribution in [0.2, 0.25) is 0 Å². The van der Waals surface area contributed by atoms with Crippen LogP contribution in [-0.2, 0) is 4.74 Å². The van der Waals surface area contributed by atoms with Crippen LogP contribution in [0.3, 0.4) is 0 Å². The minimum absolute atomic E-state index is 0.203. The van der Waals surface area contributed by atoms with Crippen molar-refractivity contribution in [1.82, 2.24) is 4.90 Å². The number of likely N-dealkylation sites (tertiary alicyclic amines) is 1. The van der Waals surface area contributed by atoms with Gasteiger partial charge in [0.25, 0.3) is 0 Å². The van der Waals surface area contributed by atoms with Gasteiger partial charge in [0.1, 0.15) is 11.7 Å². The maximum absolute atomic E-state index is 13.7. The minimum Gasteiger partial charge on any atom is -0.485 e. The summed E-state index contributed by atoms with van der Waals surface area (Å²) in [6, 6.07) is 4.66. The van der Waals surface area contributed by atoms with Crippen LogP contribution in [0.5, 0.6) is 5.75 Å². The van der Waals surface area contributed by atoms with Crippen molar-refractivity contribution in [1.29, 1.82) is 0 Å². The van der Waals surface area contributed by atoms with Gasteiger partial charge in [-0.3, -0.25) is 0 Å². The molecule has 0 bridgehead atoms. The second-order valence-electron chi connectivity index (χ2n) is 6.03. The lowest BCUT2D eigenvalue weighted by Gasteiger charge is -2.24. The van der Waals surface area contributed by atoms with Gasteiger partial charge in [0.15, 0.2) is 11.6 Å². The number of rotatable bonds is 2. The van der Waals surface area contributed by atoms with Crippen LogP contribution in [0, 0.1) is 5.82 Å². The predicted octanol–water partition coefficient (Wildman–Crippen LogP) is 3.98. The van der Waals surface area contributed by atoms with Crippen molar-refractivity contribution < 1.29 is 18.7 Å². The standard InChI is InChI=1S/C15H19BrFNO3/c1-15(2,3)21-14(19)18-7-6-11(9-18)20-13-5-4-10(16)8-12(13)17/h4-5,8,11H,6-7,9H2,1-3H3. The summed E-state index contributed by atoms with van der Waals surface area (Å²) < 4.78 is 25.3. The first-order valence-corrected chi connectivity index (χ1v) is 7.63. The van der Waals surface area contributed by atoms with Gasteiger partial charge in [0, 0.05) is 17.4 Å². The third kappa shape index (κ3) is 4.59. The van der Waals surface area contributed by atoms with Crippen molar-refractivity contribution in [3.63, 3.8) is 0 Å². The average molecular weight is 360 g/mol. The summed E-state index contributed by atoms with van der Waals surface area (Å²) in [5.41, 5.74) is -0.520. The van der Waals surface area contributed by atoms with Crippen molar-refractivity contribution in [2.75, 3.05) is 13.1 Å². The molecular weight excluding hydrogens is 341 g/mol. The van der Waals surface area contributed by atoms with Gasteiger partial charge in [-0.1, -0.05) is 15.9 Å². The summed E-state index contributed by atoms with van der Waals surface area (Å²) >= 11 is 3.20. The Bertz CT molecular complexity index is 530. The molecule has 1 fully saturated rings. The molecule has 1 amide bonds. The highest BCUT2D eigenvalue weighted by molar-refractivity contribution is 9.10. The van der Waals surface area contributed by atoms with E-state index < -0.39 is 11.4 Å². The van der Waals surface area contributed by atoms with Gasteiger partial charge in [-0.05, 0) is 39.0 Å². The molecule has 1 heterocycles. The minimum atomic E-state index is -0.520. The van der Waals surface area contributed by atoms with E-state index in [2.05, 4.69) is 15.9 Å². The quantitative estimate of drug-likeness (QED) is 0.801. The second kappa shape index (κ2) is 6.22. The van der Waals surface area contributed by atoms with Gasteiger partial charge >= 0.3 is 6.09 Å². The molecule has 0 saturated carbocycles. The Labute approximate surface area is 132 Å². The highest BCUT2D eigenvalue weighted by atomic mass is 79.9. The molecule has 0 radical (unpaired) electrons. The number of nitrogens with zero attached hydrogens (tertiary/aromatic N) is 1. The number of hydrogen-bond donors (Lipinski definition) is 0. The Kier molecular flexibility index (Phi) is 4.76. The van der Waals surface area contributed by atoms with Crippen LogP contribution in [-0.4, -0.2) is 35.8 Å². The zero-order chi connectivity index (χ0) is 15.6. The Balaban J connectivity index is 1.92. The van der Waals surface area contributed by atoms with E-state index in [0.29, 0.717) is 24.0 Å². The van der Waals surface area contributed by atoms with Gasteiger partial charge in [0.05, 0.1) is 6.54 Å². The molecule has 0 N–H and O–H groups in total. The summed E-state index contributed by atoms with van der Waals surface area (Å²) in [6.07, 6.45) is 0.0902. The van der Waals surface area contributed by atoms with E-state index in [-0.39, 0.29) is 17.9 Å². The lowest BCUT2D eigenvalue weighted by Crippen LogP contribution is -2.36. The first kappa shape index (κ1) is 16.1. The number of amides is 1. The molecule has 0 aromatic heterocycles. The predicted molar refractivity (Wildman–Crippen MR) is 80.9 cm³/mol. The first-order valence-electron chi connectivity index (χ1n) is 6.84. The lowest BCUT2D eigenvalue weighted by molar-refractivity contribution is 0.0275. The largest absolute Gasteiger partial charge is 0.485 e. The summed E-state index contributed by atoms with van der Waals surface area (Å²) in [7, 11) is 0. The highest BCUT2D eigenvalue weighted by Crippen LogP contribution is 2.25. The zero-order valence-electron chi connectivity index (χ0n) is 12.4. The summed E-state index contributed by atoms with van der Waals surface area (Å²) in [6.45, 7) is 6.44. The van der Waals surface area contributed by atoms with Crippen LogP contribution >= 0.6 is 15.9 Å². The molecule has 1 saturated heterocycles. The van der Waals surface area contributed by atoms with Crippen molar-refractivity contribution in [2.45, 2.75) is 38.9 Å². The molecule has 6 heteroatoms. The van der Waals surface area contributed by atoms with Gasteiger partial charge < -0.3 is 14.4 Å². The molecule has 0 aliphatic carbocycles. The number of carbonyl (C=O) groups is 1. The Morgan fingerprint density at radius 1 is 1.43 bits per heavy atom. The molecule has 1 atom stereocenters. The van der Waals surface area contributed by atoms with Crippen molar-refractivity contribution in [3.05, 3.63) is 28.5 Å². The summed E-state index contributed by atoms with van der Waals surface area (Å²) in [5.74, 6) is -0.214. The normalized spacial score (nSPS) is 18.7. The van der Waals surface area contributed by atoms with Crippen LogP contribution in [0.4, 0.5) is 9.18 Å². The van der Waals surface area contributed by atoms with Crippen LogP contribution in [0.1, 0.15) is 27.2 Å². The van der Waals surface area contributed by atoms with E-state index in [9.17, 15) is 9.18 Å². The molecule has 0 spiro atoms. The van der Waals surface area contributed by atoms with E-state index in [4.69, 9.17) is 9.47 Å². The number of benzene rings is 1. The third-order valence-corrected chi connectivity index (χ3v) is 3.48. The summed E-state index contributed by atoms with van der Waals surface area (Å²) in [5, 5.41) is 0. The van der Waals surface area contributed by atoms with Gasteiger partial charge in [-0.25, -0.2) is 9.18 Å². The maximum atomic E-state index is 13.7. The number of hydrogen-bond acceptors (Lipinski definition) is 3. The van der Waals surface area contributed by atoms with E-state index in [1.165, 1.54) is 6.07 Å². The van der Waals surface area contributed by atoms with Crippen LogP contribution in [0.25, 0.3) is 0 Å². The highest BCUT2D eigenvalue weighted by Gasteiger charge is 2.31. The van der Waals surface area contributed by atoms with E-state index in [1.807, 2.05) is 20.8 Å². The van der Waals surface area contributed by atoms with Gasteiger partial charge in [0.2, 0.25) is 0 Å². The number of carbonyl (C=O) groups excluding carboxylic acids is 1. The maximum Gasteiger partial charge on any atom is 0.410 e. The molecule has 1 aromatic rings. The molecule has 1 aliphatic rings. The van der Waals surface area contributed by atoms with Crippen LogP contribution < -0.4 is 4.74 Å². The Hall–Kier alpha value is -1.30. The van der Waals surface area contributed by atoms with Crippen molar-refractivity contribution in [2.24, 2.45) is 0 Å². The average Bonchev–Trinajstić information content (AvgIpc) is 2.79. The molecule has 21 heavy (non-hydrogen) atoms. The SMILES string of the molecule is CC(C)(C)OC(=O)N1CCC(Oc2ccc(Br)cc2F)C1. The first-order chi connectivity index (χ1) is 9.74. The van der Waals surface area contributed by atoms with Crippen molar-refractivity contribution >= 4 is 22.0 Å². The molecule has 2 rings (SSSR count). The molecule has 116 valence electrons. The fourth-order valence-corrected chi connectivity index (χ4v) is 2.40. The number of halogens is 2. The van der Waals surface area contributed by atoms with E-state index in [1.54, 1.807) is 17.0 Å². The number of ether oxygens (including phenoxy) is 2. The molecule has 1 unspecified atom stereocenters.